The quantitative estimate of drug-likeness (QED) is 0.830. The van der Waals surface area contributed by atoms with Crippen LogP contribution < -0.4 is 15.8 Å². The van der Waals surface area contributed by atoms with E-state index in [4.69, 9.17) is 10.5 Å². The van der Waals surface area contributed by atoms with E-state index in [-0.39, 0.29) is 11.9 Å². The minimum atomic E-state index is -0.250. The zero-order valence-corrected chi connectivity index (χ0v) is 13.5. The molecule has 2 aromatic carbocycles. The first-order chi connectivity index (χ1) is 10.0. The first-order valence-corrected chi connectivity index (χ1v) is 7.31. The Kier molecular flexibility index (Phi) is 4.85. The second kappa shape index (κ2) is 6.63. The number of nitrogens with one attached hydrogen (secondary N) is 1. The highest BCUT2D eigenvalue weighted by atomic mass is 79.9. The lowest BCUT2D eigenvalue weighted by Crippen LogP contribution is -2.27. The molecule has 0 saturated carbocycles. The number of hydrogen-bond acceptors (Lipinski definition) is 3. The summed E-state index contributed by atoms with van der Waals surface area (Å²) >= 11 is 3.39. The van der Waals surface area contributed by atoms with Crippen molar-refractivity contribution in [2.24, 2.45) is 0 Å². The molecular formula is C16H17BrN2O2. The Hall–Kier alpha value is -2.01. The molecule has 0 aliphatic heterocycles. The molecule has 0 saturated heterocycles. The molecule has 0 bridgehead atoms. The van der Waals surface area contributed by atoms with Crippen LogP contribution in [0.5, 0.6) is 5.75 Å². The molecule has 4 nitrogen and oxygen atoms in total. The van der Waals surface area contributed by atoms with E-state index in [9.17, 15) is 4.79 Å². The number of hydrogen-bond donors (Lipinski definition) is 2. The van der Waals surface area contributed by atoms with Gasteiger partial charge in [0.05, 0.1) is 13.2 Å². The highest BCUT2D eigenvalue weighted by Crippen LogP contribution is 2.25. The number of amides is 1. The maximum atomic E-state index is 12.4. The van der Waals surface area contributed by atoms with Gasteiger partial charge in [-0.25, -0.2) is 0 Å². The van der Waals surface area contributed by atoms with Crippen LogP contribution in [-0.4, -0.2) is 13.0 Å². The largest absolute Gasteiger partial charge is 0.496 e. The Morgan fingerprint density at radius 3 is 2.52 bits per heavy atom. The molecule has 21 heavy (non-hydrogen) atoms. The number of carbonyl (C=O) groups excluding carboxylic acids is 1. The van der Waals surface area contributed by atoms with Gasteiger partial charge in [-0.05, 0) is 36.8 Å². The van der Waals surface area contributed by atoms with Crippen LogP contribution in [-0.2, 0) is 0 Å². The average molecular weight is 349 g/mol. The van der Waals surface area contributed by atoms with Gasteiger partial charge in [0.15, 0.2) is 0 Å². The number of halogens is 1. The summed E-state index contributed by atoms with van der Waals surface area (Å²) in [6.07, 6.45) is 0. The van der Waals surface area contributed by atoms with Crippen molar-refractivity contribution in [3.8, 4) is 5.75 Å². The van der Waals surface area contributed by atoms with Crippen LogP contribution in [0.4, 0.5) is 5.69 Å². The summed E-state index contributed by atoms with van der Waals surface area (Å²) in [5.74, 6) is 0.218. The maximum absolute atomic E-state index is 12.4. The normalized spacial score (nSPS) is 11.8. The van der Waals surface area contributed by atoms with E-state index in [1.165, 1.54) is 7.11 Å². The number of anilines is 1. The van der Waals surface area contributed by atoms with Crippen LogP contribution in [0.25, 0.3) is 0 Å². The van der Waals surface area contributed by atoms with Gasteiger partial charge in [-0.3, -0.25) is 4.79 Å². The molecule has 0 unspecified atom stereocenters. The molecule has 3 N–H and O–H groups in total. The van der Waals surface area contributed by atoms with E-state index in [1.54, 1.807) is 18.2 Å². The van der Waals surface area contributed by atoms with Gasteiger partial charge in [0.2, 0.25) is 0 Å². The summed E-state index contributed by atoms with van der Waals surface area (Å²) in [6.45, 7) is 1.92. The van der Waals surface area contributed by atoms with Crippen molar-refractivity contribution in [2.75, 3.05) is 12.8 Å². The zero-order chi connectivity index (χ0) is 15.4. The Balaban J connectivity index is 2.20. The Morgan fingerprint density at radius 1 is 1.24 bits per heavy atom. The summed E-state index contributed by atoms with van der Waals surface area (Å²) in [4.78, 5) is 12.4. The summed E-state index contributed by atoms with van der Waals surface area (Å²) in [5, 5.41) is 2.93. The number of ether oxygens (including phenoxy) is 1. The first kappa shape index (κ1) is 15.4. The van der Waals surface area contributed by atoms with E-state index in [0.29, 0.717) is 17.0 Å². The van der Waals surface area contributed by atoms with Crippen molar-refractivity contribution >= 4 is 27.5 Å². The molecule has 5 heteroatoms. The van der Waals surface area contributed by atoms with E-state index in [1.807, 2.05) is 31.2 Å². The Morgan fingerprint density at radius 2 is 1.90 bits per heavy atom. The van der Waals surface area contributed by atoms with Crippen molar-refractivity contribution < 1.29 is 9.53 Å². The fourth-order valence-corrected chi connectivity index (χ4v) is 2.33. The number of nitrogens with two attached hydrogens (primary N) is 1. The first-order valence-electron chi connectivity index (χ1n) is 6.51. The second-order valence-electron chi connectivity index (χ2n) is 4.67. The minimum absolute atomic E-state index is 0.130. The number of nitrogen functional groups attached to an aromatic ring is 1. The Labute approximate surface area is 132 Å². The van der Waals surface area contributed by atoms with Gasteiger partial charge in [-0.2, -0.15) is 0 Å². The third-order valence-electron chi connectivity index (χ3n) is 3.22. The number of carbonyl (C=O) groups is 1. The average Bonchev–Trinajstić information content (AvgIpc) is 2.47. The molecule has 0 heterocycles. The lowest BCUT2D eigenvalue weighted by molar-refractivity contribution is 0.0938. The molecule has 2 aromatic rings. The highest BCUT2D eigenvalue weighted by Gasteiger charge is 2.18. The van der Waals surface area contributed by atoms with E-state index in [2.05, 4.69) is 21.2 Å². The molecule has 0 aliphatic rings. The predicted molar refractivity (Wildman–Crippen MR) is 87.4 cm³/mol. The van der Waals surface area contributed by atoms with Crippen molar-refractivity contribution in [3.63, 3.8) is 0 Å². The zero-order valence-electron chi connectivity index (χ0n) is 11.9. The molecule has 0 fully saturated rings. The molecule has 0 aliphatic carbocycles. The third-order valence-corrected chi connectivity index (χ3v) is 3.75. The van der Waals surface area contributed by atoms with Crippen molar-refractivity contribution in [1.29, 1.82) is 0 Å². The molecule has 0 radical (unpaired) electrons. The molecule has 0 spiro atoms. The van der Waals surface area contributed by atoms with Gasteiger partial charge < -0.3 is 15.8 Å². The summed E-state index contributed by atoms with van der Waals surface area (Å²) in [6, 6.07) is 12.8. The van der Waals surface area contributed by atoms with E-state index >= 15 is 0 Å². The number of methoxy groups -OCH3 is 1. The molecular weight excluding hydrogens is 332 g/mol. The van der Waals surface area contributed by atoms with Crippen LogP contribution in [0, 0.1) is 0 Å². The van der Waals surface area contributed by atoms with Crippen LogP contribution in [0.15, 0.2) is 46.9 Å². The van der Waals surface area contributed by atoms with Gasteiger partial charge in [0.1, 0.15) is 11.3 Å². The van der Waals surface area contributed by atoms with Gasteiger partial charge in [-0.1, -0.05) is 34.1 Å². The maximum Gasteiger partial charge on any atom is 0.257 e. The monoisotopic (exact) mass is 348 g/mol. The van der Waals surface area contributed by atoms with Crippen LogP contribution in [0.2, 0.25) is 0 Å². The number of rotatable bonds is 4. The lowest BCUT2D eigenvalue weighted by atomic mass is 10.1. The fraction of sp³-hybridized carbons (Fsp3) is 0.188. The minimum Gasteiger partial charge on any atom is -0.496 e. The SMILES string of the molecule is COc1cccc(N)c1C(=O)N[C@@H](C)c1ccc(Br)cc1. The molecule has 110 valence electrons. The van der Waals surface area contributed by atoms with Gasteiger partial charge in [-0.15, -0.1) is 0 Å². The number of benzene rings is 2. The van der Waals surface area contributed by atoms with Crippen LogP contribution in [0.3, 0.4) is 0 Å². The fourth-order valence-electron chi connectivity index (χ4n) is 2.06. The van der Waals surface area contributed by atoms with Gasteiger partial charge in [0.25, 0.3) is 5.91 Å². The second-order valence-corrected chi connectivity index (χ2v) is 5.59. The van der Waals surface area contributed by atoms with Crippen LogP contribution >= 0.6 is 15.9 Å². The Bertz CT molecular complexity index is 641. The molecule has 2 rings (SSSR count). The van der Waals surface area contributed by atoms with Gasteiger partial charge in [0, 0.05) is 10.2 Å². The third kappa shape index (κ3) is 3.55. The van der Waals surface area contributed by atoms with Crippen LogP contribution in [0.1, 0.15) is 28.9 Å². The van der Waals surface area contributed by atoms with Crippen molar-refractivity contribution in [2.45, 2.75) is 13.0 Å². The van der Waals surface area contributed by atoms with Gasteiger partial charge >= 0.3 is 0 Å². The molecule has 1 amide bonds. The summed E-state index contributed by atoms with van der Waals surface area (Å²) < 4.78 is 6.20. The molecule has 1 atom stereocenters. The van der Waals surface area contributed by atoms with Crippen molar-refractivity contribution in [3.05, 3.63) is 58.1 Å². The van der Waals surface area contributed by atoms with E-state index < -0.39 is 0 Å². The van der Waals surface area contributed by atoms with Crippen molar-refractivity contribution in [1.82, 2.24) is 5.32 Å². The smallest absolute Gasteiger partial charge is 0.257 e. The summed E-state index contributed by atoms with van der Waals surface area (Å²) in [5.41, 5.74) is 7.66. The standard InChI is InChI=1S/C16H17BrN2O2/c1-10(11-6-8-12(17)9-7-11)19-16(20)15-13(18)4-3-5-14(15)21-2/h3-10H,18H2,1-2H3,(H,19,20)/t10-/m0/s1. The highest BCUT2D eigenvalue weighted by molar-refractivity contribution is 9.10. The topological polar surface area (TPSA) is 64.3 Å². The van der Waals surface area contributed by atoms with E-state index in [0.717, 1.165) is 10.0 Å². The lowest BCUT2D eigenvalue weighted by Gasteiger charge is -2.17. The molecule has 0 aromatic heterocycles. The summed E-state index contributed by atoms with van der Waals surface area (Å²) in [7, 11) is 1.52. The predicted octanol–water partition coefficient (Wildman–Crippen LogP) is 3.53.